The molecular weight excluding hydrogens is 445 g/mol. The Morgan fingerprint density at radius 2 is 1.77 bits per heavy atom. The SMILES string of the molecule is COC(=O)[C@H](C(=O)N1CCC[C@H]1c1ncc(-c2ccc(B3OC(C)(C)C(C)(C)O3)cc2)[nH]1)C(C)C. The zero-order chi connectivity index (χ0) is 25.5. The molecule has 0 bridgehead atoms. The zero-order valence-electron chi connectivity index (χ0n) is 21.8. The fourth-order valence-electron chi connectivity index (χ4n) is 4.73. The molecule has 2 aliphatic heterocycles. The topological polar surface area (TPSA) is 93.8 Å². The van der Waals surface area contributed by atoms with E-state index in [1.54, 1.807) is 11.1 Å². The van der Waals surface area contributed by atoms with Crippen LogP contribution in [0.1, 0.15) is 66.3 Å². The van der Waals surface area contributed by atoms with Gasteiger partial charge >= 0.3 is 13.1 Å². The molecule has 2 saturated heterocycles. The molecule has 2 aromatic rings. The van der Waals surface area contributed by atoms with Crippen LogP contribution >= 0.6 is 0 Å². The summed E-state index contributed by atoms with van der Waals surface area (Å²) >= 11 is 0. The van der Waals surface area contributed by atoms with Crippen LogP contribution in [-0.2, 0) is 23.6 Å². The van der Waals surface area contributed by atoms with Crippen LogP contribution < -0.4 is 5.46 Å². The summed E-state index contributed by atoms with van der Waals surface area (Å²) in [5.74, 6) is -0.909. The van der Waals surface area contributed by atoms with E-state index in [9.17, 15) is 9.59 Å². The smallest absolute Gasteiger partial charge is 0.468 e. The number of rotatable bonds is 6. The van der Waals surface area contributed by atoms with Crippen molar-refractivity contribution in [1.82, 2.24) is 14.9 Å². The Kier molecular flexibility index (Phi) is 6.86. The number of nitrogens with one attached hydrogen (secondary N) is 1. The van der Waals surface area contributed by atoms with Gasteiger partial charge in [-0.3, -0.25) is 9.59 Å². The number of imidazole rings is 1. The molecule has 1 amide bonds. The van der Waals surface area contributed by atoms with Gasteiger partial charge in [0.1, 0.15) is 11.7 Å². The second kappa shape index (κ2) is 9.43. The normalized spacial score (nSPS) is 22.0. The van der Waals surface area contributed by atoms with Gasteiger partial charge in [0, 0.05) is 6.54 Å². The van der Waals surface area contributed by atoms with E-state index in [0.29, 0.717) is 6.54 Å². The van der Waals surface area contributed by atoms with E-state index in [1.165, 1.54) is 7.11 Å². The number of nitrogens with zero attached hydrogens (tertiary/aromatic N) is 2. The Labute approximate surface area is 207 Å². The van der Waals surface area contributed by atoms with Gasteiger partial charge in [-0.2, -0.15) is 0 Å². The highest BCUT2D eigenvalue weighted by atomic mass is 16.7. The lowest BCUT2D eigenvalue weighted by Gasteiger charge is -2.32. The van der Waals surface area contributed by atoms with E-state index in [1.807, 2.05) is 65.8 Å². The van der Waals surface area contributed by atoms with E-state index in [-0.39, 0.29) is 29.1 Å². The van der Waals surface area contributed by atoms with Gasteiger partial charge in [0.05, 0.1) is 36.2 Å². The van der Waals surface area contributed by atoms with Gasteiger partial charge in [0.15, 0.2) is 0 Å². The number of carbonyl (C=O) groups excluding carboxylic acids is 2. The maximum Gasteiger partial charge on any atom is 0.494 e. The van der Waals surface area contributed by atoms with E-state index < -0.39 is 19.0 Å². The molecule has 0 radical (unpaired) electrons. The first-order valence-corrected chi connectivity index (χ1v) is 12.3. The third-order valence-electron chi connectivity index (χ3n) is 7.58. The molecule has 1 aromatic carbocycles. The van der Waals surface area contributed by atoms with Crippen molar-refractivity contribution in [2.45, 2.75) is 71.6 Å². The summed E-state index contributed by atoms with van der Waals surface area (Å²) in [6.45, 7) is 12.5. The van der Waals surface area contributed by atoms with Gasteiger partial charge in [0.2, 0.25) is 5.91 Å². The molecule has 0 unspecified atom stereocenters. The van der Waals surface area contributed by atoms with Gasteiger partial charge in [-0.15, -0.1) is 0 Å². The lowest BCUT2D eigenvalue weighted by atomic mass is 9.79. The number of hydrogen-bond acceptors (Lipinski definition) is 6. The van der Waals surface area contributed by atoms with E-state index in [0.717, 1.165) is 35.4 Å². The number of hydrogen-bond donors (Lipinski definition) is 1. The molecule has 35 heavy (non-hydrogen) atoms. The Morgan fingerprint density at radius 1 is 1.14 bits per heavy atom. The molecule has 0 saturated carbocycles. The minimum atomic E-state index is -0.808. The van der Waals surface area contributed by atoms with Crippen LogP contribution in [0.2, 0.25) is 0 Å². The molecule has 0 aliphatic carbocycles. The molecule has 0 spiro atoms. The number of likely N-dealkylation sites (tertiary alicyclic amines) is 1. The van der Waals surface area contributed by atoms with Crippen molar-refractivity contribution in [2.24, 2.45) is 11.8 Å². The minimum absolute atomic E-state index is 0.147. The molecule has 3 heterocycles. The number of methoxy groups -OCH3 is 1. The van der Waals surface area contributed by atoms with Gasteiger partial charge in [-0.25, -0.2) is 4.98 Å². The molecule has 8 nitrogen and oxygen atoms in total. The van der Waals surface area contributed by atoms with Crippen LogP contribution in [0, 0.1) is 11.8 Å². The first-order valence-electron chi connectivity index (χ1n) is 12.3. The number of aromatic nitrogens is 2. The molecule has 2 atom stereocenters. The van der Waals surface area contributed by atoms with Crippen molar-refractivity contribution in [3.8, 4) is 11.3 Å². The van der Waals surface area contributed by atoms with Crippen molar-refractivity contribution in [2.75, 3.05) is 13.7 Å². The van der Waals surface area contributed by atoms with Gasteiger partial charge in [0.25, 0.3) is 0 Å². The monoisotopic (exact) mass is 481 g/mol. The third-order valence-corrected chi connectivity index (χ3v) is 7.58. The number of ether oxygens (including phenoxy) is 1. The first-order chi connectivity index (χ1) is 16.4. The fraction of sp³-hybridized carbons (Fsp3) is 0.577. The number of amides is 1. The molecule has 1 N–H and O–H groups in total. The molecule has 1 aromatic heterocycles. The van der Waals surface area contributed by atoms with Crippen LogP contribution in [0.3, 0.4) is 0 Å². The zero-order valence-corrected chi connectivity index (χ0v) is 21.8. The maximum atomic E-state index is 13.3. The summed E-state index contributed by atoms with van der Waals surface area (Å²) < 4.78 is 17.2. The number of esters is 1. The van der Waals surface area contributed by atoms with Crippen molar-refractivity contribution in [1.29, 1.82) is 0 Å². The van der Waals surface area contributed by atoms with Crippen LogP contribution in [-0.4, -0.2) is 58.7 Å². The van der Waals surface area contributed by atoms with Crippen molar-refractivity contribution >= 4 is 24.5 Å². The Balaban J connectivity index is 1.50. The van der Waals surface area contributed by atoms with Gasteiger partial charge in [-0.05, 0) is 57.5 Å². The summed E-state index contributed by atoms with van der Waals surface area (Å²) in [6.07, 6.45) is 3.45. The highest BCUT2D eigenvalue weighted by molar-refractivity contribution is 6.62. The highest BCUT2D eigenvalue weighted by Crippen LogP contribution is 2.37. The predicted molar refractivity (Wildman–Crippen MR) is 134 cm³/mol. The summed E-state index contributed by atoms with van der Waals surface area (Å²) in [5, 5.41) is 0. The first kappa shape index (κ1) is 25.4. The van der Waals surface area contributed by atoms with E-state index >= 15 is 0 Å². The van der Waals surface area contributed by atoms with Crippen LogP contribution in [0.25, 0.3) is 11.3 Å². The molecule has 4 rings (SSSR count). The summed E-state index contributed by atoms with van der Waals surface area (Å²) in [5.41, 5.74) is 2.04. The second-order valence-corrected chi connectivity index (χ2v) is 10.8. The molecule has 9 heteroatoms. The standard InChI is InChI=1S/C26H36BN3O5/c1-16(2)21(24(32)33-7)23(31)30-14-8-9-20(30)22-28-15-19(29-22)17-10-12-18(13-11-17)27-34-25(3,4)26(5,6)35-27/h10-13,15-16,20-21H,8-9,14H2,1-7H3,(H,28,29)/t20-,21-/m0/s1. The van der Waals surface area contributed by atoms with Crippen LogP contribution in [0.5, 0.6) is 0 Å². The van der Waals surface area contributed by atoms with Crippen molar-refractivity contribution in [3.05, 3.63) is 36.3 Å². The largest absolute Gasteiger partial charge is 0.494 e. The molecule has 188 valence electrons. The third kappa shape index (κ3) is 4.76. The van der Waals surface area contributed by atoms with Crippen LogP contribution in [0.15, 0.2) is 30.5 Å². The quantitative estimate of drug-likeness (QED) is 0.386. The molecule has 2 aliphatic rings. The average Bonchev–Trinajstić information content (AvgIpc) is 3.51. The number of benzene rings is 1. The predicted octanol–water partition coefficient (Wildman–Crippen LogP) is 3.48. The number of aromatic amines is 1. The molecular formula is C26H36BN3O5. The molecule has 2 fully saturated rings. The van der Waals surface area contributed by atoms with Crippen molar-refractivity contribution in [3.63, 3.8) is 0 Å². The number of H-pyrrole nitrogens is 1. The minimum Gasteiger partial charge on any atom is -0.468 e. The lowest BCUT2D eigenvalue weighted by molar-refractivity contribution is -0.156. The van der Waals surface area contributed by atoms with Crippen LogP contribution in [0.4, 0.5) is 0 Å². The van der Waals surface area contributed by atoms with Gasteiger partial charge in [-0.1, -0.05) is 38.1 Å². The van der Waals surface area contributed by atoms with Crippen molar-refractivity contribution < 1.29 is 23.6 Å². The highest BCUT2D eigenvalue weighted by Gasteiger charge is 2.51. The fourth-order valence-corrected chi connectivity index (χ4v) is 4.73. The van der Waals surface area contributed by atoms with E-state index in [4.69, 9.17) is 14.0 Å². The summed E-state index contributed by atoms with van der Waals surface area (Å²) in [7, 11) is 0.914. The summed E-state index contributed by atoms with van der Waals surface area (Å²) in [4.78, 5) is 35.3. The second-order valence-electron chi connectivity index (χ2n) is 10.8. The maximum absolute atomic E-state index is 13.3. The van der Waals surface area contributed by atoms with Gasteiger partial charge < -0.3 is 23.9 Å². The van der Waals surface area contributed by atoms with E-state index in [2.05, 4.69) is 9.97 Å². The lowest BCUT2D eigenvalue weighted by Crippen LogP contribution is -2.42. The number of carbonyl (C=O) groups is 2. The summed E-state index contributed by atoms with van der Waals surface area (Å²) in [6, 6.07) is 7.86. The Morgan fingerprint density at radius 3 is 2.34 bits per heavy atom. The average molecular weight is 481 g/mol. The Bertz CT molecular complexity index is 1060. The Hall–Kier alpha value is -2.65.